The molecule has 1 atom stereocenters. The molecule has 2 aromatic rings. The van der Waals surface area contributed by atoms with E-state index in [4.69, 9.17) is 21.1 Å². The van der Waals surface area contributed by atoms with Crippen LogP contribution in [0.1, 0.15) is 23.2 Å². The van der Waals surface area contributed by atoms with Gasteiger partial charge < -0.3 is 19.3 Å². The van der Waals surface area contributed by atoms with Crippen molar-refractivity contribution in [2.75, 3.05) is 44.3 Å². The van der Waals surface area contributed by atoms with Crippen LogP contribution in [0.2, 0.25) is 5.02 Å². The summed E-state index contributed by atoms with van der Waals surface area (Å²) in [6.07, 6.45) is 2.29. The Balaban J connectivity index is 1.34. The number of ether oxygens (including phenoxy) is 2. The van der Waals surface area contributed by atoms with E-state index in [0.29, 0.717) is 25.3 Å². The van der Waals surface area contributed by atoms with Crippen molar-refractivity contribution in [1.82, 2.24) is 4.90 Å². The number of rotatable bonds is 5. The summed E-state index contributed by atoms with van der Waals surface area (Å²) in [5.74, 6) is 0.771. The lowest BCUT2D eigenvalue weighted by Crippen LogP contribution is -2.48. The number of hydrogen-bond acceptors (Lipinski definition) is 4. The molecule has 2 aromatic carbocycles. The fraction of sp³-hybridized carbons (Fsp3) is 0.409. The minimum absolute atomic E-state index is 0.0494. The average molecular weight is 401 g/mol. The van der Waals surface area contributed by atoms with Gasteiger partial charge in [0.25, 0.3) is 5.91 Å². The number of benzene rings is 2. The van der Waals surface area contributed by atoms with Crippen LogP contribution in [-0.4, -0.2) is 56.3 Å². The van der Waals surface area contributed by atoms with E-state index in [9.17, 15) is 4.79 Å². The Morgan fingerprint density at radius 3 is 2.68 bits per heavy atom. The van der Waals surface area contributed by atoms with Crippen molar-refractivity contribution in [2.45, 2.75) is 18.9 Å². The first-order chi connectivity index (χ1) is 13.7. The maximum absolute atomic E-state index is 12.9. The molecule has 0 radical (unpaired) electrons. The van der Waals surface area contributed by atoms with Crippen molar-refractivity contribution < 1.29 is 14.3 Å². The minimum atomic E-state index is 0.0494. The van der Waals surface area contributed by atoms with E-state index in [0.717, 1.165) is 49.0 Å². The van der Waals surface area contributed by atoms with Crippen LogP contribution in [0.5, 0.6) is 5.75 Å². The van der Waals surface area contributed by atoms with Crippen LogP contribution in [-0.2, 0) is 4.74 Å². The van der Waals surface area contributed by atoms with Gasteiger partial charge >= 0.3 is 0 Å². The van der Waals surface area contributed by atoms with Crippen LogP contribution < -0.4 is 9.64 Å². The number of anilines is 1. The molecular weight excluding hydrogens is 376 g/mol. The number of carbonyl (C=O) groups is 1. The maximum Gasteiger partial charge on any atom is 0.254 e. The highest BCUT2D eigenvalue weighted by Gasteiger charge is 2.23. The summed E-state index contributed by atoms with van der Waals surface area (Å²) in [4.78, 5) is 17.1. The highest BCUT2D eigenvalue weighted by atomic mass is 35.5. The number of carbonyl (C=O) groups excluding carboxylic acids is 1. The smallest absolute Gasteiger partial charge is 0.254 e. The molecule has 0 saturated carbocycles. The van der Waals surface area contributed by atoms with Gasteiger partial charge in [-0.1, -0.05) is 23.7 Å². The standard InChI is InChI=1S/C22H25ClN2O3/c23-18-5-2-6-19(15-18)24-9-11-25(12-10-24)22(26)17-4-1-7-20(14-17)28-16-21-8-3-13-27-21/h1-2,4-7,14-15,21H,3,8-13,16H2. The number of halogens is 1. The molecule has 0 bridgehead atoms. The predicted octanol–water partition coefficient (Wildman–Crippen LogP) is 3.86. The molecule has 2 saturated heterocycles. The highest BCUT2D eigenvalue weighted by Crippen LogP contribution is 2.22. The van der Waals surface area contributed by atoms with Crippen LogP contribution >= 0.6 is 11.6 Å². The second kappa shape index (κ2) is 8.84. The Morgan fingerprint density at radius 2 is 1.93 bits per heavy atom. The maximum atomic E-state index is 12.9. The Hall–Kier alpha value is -2.24. The molecule has 5 nitrogen and oxygen atoms in total. The highest BCUT2D eigenvalue weighted by molar-refractivity contribution is 6.30. The Morgan fingerprint density at radius 1 is 1.11 bits per heavy atom. The van der Waals surface area contributed by atoms with Gasteiger partial charge in [0.15, 0.2) is 0 Å². The van der Waals surface area contributed by atoms with Gasteiger partial charge in [-0.05, 0) is 49.2 Å². The SMILES string of the molecule is O=C(c1cccc(OCC2CCCO2)c1)N1CCN(c2cccc(Cl)c2)CC1. The third-order valence-electron chi connectivity index (χ3n) is 5.28. The molecule has 2 aliphatic heterocycles. The number of amides is 1. The third-order valence-corrected chi connectivity index (χ3v) is 5.52. The van der Waals surface area contributed by atoms with Crippen molar-refractivity contribution in [3.63, 3.8) is 0 Å². The van der Waals surface area contributed by atoms with Gasteiger partial charge in [0.1, 0.15) is 12.4 Å². The van der Waals surface area contributed by atoms with E-state index in [1.54, 1.807) is 0 Å². The van der Waals surface area contributed by atoms with Crippen LogP contribution in [0.3, 0.4) is 0 Å². The Labute approximate surface area is 170 Å². The second-order valence-corrected chi connectivity index (χ2v) is 7.67. The Kier molecular flexibility index (Phi) is 6.03. The predicted molar refractivity (Wildman–Crippen MR) is 110 cm³/mol. The fourth-order valence-electron chi connectivity index (χ4n) is 3.71. The van der Waals surface area contributed by atoms with Crippen molar-refractivity contribution in [3.05, 3.63) is 59.1 Å². The van der Waals surface area contributed by atoms with Crippen LogP contribution in [0, 0.1) is 0 Å². The third kappa shape index (κ3) is 4.59. The first kappa shape index (κ1) is 19.1. The van der Waals surface area contributed by atoms with Gasteiger partial charge in [0, 0.05) is 49.1 Å². The molecular formula is C22H25ClN2O3. The molecule has 0 aliphatic carbocycles. The van der Waals surface area contributed by atoms with Crippen molar-refractivity contribution >= 4 is 23.2 Å². The minimum Gasteiger partial charge on any atom is -0.491 e. The molecule has 0 spiro atoms. The molecule has 1 amide bonds. The summed E-state index contributed by atoms with van der Waals surface area (Å²) in [6, 6.07) is 15.3. The monoisotopic (exact) mass is 400 g/mol. The van der Waals surface area contributed by atoms with Crippen LogP contribution in [0.4, 0.5) is 5.69 Å². The molecule has 2 heterocycles. The number of piperazine rings is 1. The van der Waals surface area contributed by atoms with Gasteiger partial charge in [-0.2, -0.15) is 0 Å². The molecule has 28 heavy (non-hydrogen) atoms. The zero-order chi connectivity index (χ0) is 19.3. The van der Waals surface area contributed by atoms with Crippen LogP contribution in [0.25, 0.3) is 0 Å². The van der Waals surface area contributed by atoms with Gasteiger partial charge in [0.2, 0.25) is 0 Å². The van der Waals surface area contributed by atoms with Crippen LogP contribution in [0.15, 0.2) is 48.5 Å². The first-order valence-electron chi connectivity index (χ1n) is 9.83. The summed E-state index contributed by atoms with van der Waals surface area (Å²) in [6.45, 7) is 4.31. The van der Waals surface area contributed by atoms with Crippen molar-refractivity contribution in [3.8, 4) is 5.75 Å². The van der Waals surface area contributed by atoms with Gasteiger partial charge in [0.05, 0.1) is 6.10 Å². The van der Waals surface area contributed by atoms with Gasteiger partial charge in [-0.3, -0.25) is 4.79 Å². The molecule has 2 aliphatic rings. The number of hydrogen-bond donors (Lipinski definition) is 0. The topological polar surface area (TPSA) is 42.0 Å². The van der Waals surface area contributed by atoms with Crippen molar-refractivity contribution in [1.29, 1.82) is 0 Å². The van der Waals surface area contributed by atoms with E-state index in [1.165, 1.54) is 0 Å². The molecule has 4 rings (SSSR count). The average Bonchev–Trinajstić information content (AvgIpc) is 3.26. The molecule has 0 N–H and O–H groups in total. The fourth-order valence-corrected chi connectivity index (χ4v) is 3.89. The zero-order valence-corrected chi connectivity index (χ0v) is 16.6. The molecule has 148 valence electrons. The van der Waals surface area contributed by atoms with E-state index in [2.05, 4.69) is 11.0 Å². The lowest BCUT2D eigenvalue weighted by atomic mass is 10.1. The summed E-state index contributed by atoms with van der Waals surface area (Å²) >= 11 is 6.09. The lowest BCUT2D eigenvalue weighted by Gasteiger charge is -2.36. The largest absolute Gasteiger partial charge is 0.491 e. The van der Waals surface area contributed by atoms with E-state index < -0.39 is 0 Å². The summed E-state index contributed by atoms with van der Waals surface area (Å²) < 4.78 is 11.4. The molecule has 2 fully saturated rings. The summed E-state index contributed by atoms with van der Waals surface area (Å²) in [5, 5.41) is 0.732. The quantitative estimate of drug-likeness (QED) is 0.764. The molecule has 0 aromatic heterocycles. The summed E-state index contributed by atoms with van der Waals surface area (Å²) in [5.41, 5.74) is 1.77. The Bertz CT molecular complexity index is 815. The normalized spacial score (nSPS) is 19.7. The first-order valence-corrected chi connectivity index (χ1v) is 10.2. The van der Waals surface area contributed by atoms with E-state index >= 15 is 0 Å². The molecule has 1 unspecified atom stereocenters. The summed E-state index contributed by atoms with van der Waals surface area (Å²) in [7, 11) is 0. The zero-order valence-electron chi connectivity index (χ0n) is 15.9. The second-order valence-electron chi connectivity index (χ2n) is 7.23. The van der Waals surface area contributed by atoms with Gasteiger partial charge in [-0.15, -0.1) is 0 Å². The van der Waals surface area contributed by atoms with Gasteiger partial charge in [-0.25, -0.2) is 0 Å². The van der Waals surface area contributed by atoms with Crippen molar-refractivity contribution in [2.24, 2.45) is 0 Å². The lowest BCUT2D eigenvalue weighted by molar-refractivity contribution is 0.0677. The number of nitrogens with zero attached hydrogens (tertiary/aromatic N) is 2. The molecule has 6 heteroatoms. The van der Waals surface area contributed by atoms with E-state index in [-0.39, 0.29) is 12.0 Å². The van der Waals surface area contributed by atoms with E-state index in [1.807, 2.05) is 47.4 Å².